The van der Waals surface area contributed by atoms with Gasteiger partial charge in [-0.05, 0) is 32.3 Å². The largest absolute Gasteiger partial charge is 0.450 e. The fraction of sp³-hybridized carbons (Fsp3) is 0.571. The molecule has 0 bridgehead atoms. The summed E-state index contributed by atoms with van der Waals surface area (Å²) in [5.74, 6) is -0.163. The van der Waals surface area contributed by atoms with E-state index in [4.69, 9.17) is 4.74 Å². The van der Waals surface area contributed by atoms with Crippen molar-refractivity contribution in [3.05, 3.63) is 35.9 Å². The van der Waals surface area contributed by atoms with Crippen LogP contribution in [0.3, 0.4) is 0 Å². The number of hydrogen-bond donors (Lipinski definition) is 0. The molecule has 1 saturated carbocycles. The third kappa shape index (κ3) is 4.13. The Kier molecular flexibility index (Phi) is 6.21. The standard InChI is InChI=1S/C21H29N3O4/c1-3-22(16-17-8-6-5-7-9-17)18(25)21(10-11-21)19(26)23-12-14-24(15-13-23)20(27)28-4-2/h5-9H,3-4,10-16H2,1-2H3. The van der Waals surface area contributed by atoms with Crippen LogP contribution in [0.15, 0.2) is 30.3 Å². The van der Waals surface area contributed by atoms with Crippen molar-refractivity contribution in [2.24, 2.45) is 5.41 Å². The minimum Gasteiger partial charge on any atom is -0.450 e. The van der Waals surface area contributed by atoms with Gasteiger partial charge in [-0.2, -0.15) is 0 Å². The van der Waals surface area contributed by atoms with Crippen LogP contribution in [0.25, 0.3) is 0 Å². The van der Waals surface area contributed by atoms with Crippen LogP contribution in [-0.4, -0.2) is 71.9 Å². The third-order valence-electron chi connectivity index (χ3n) is 5.55. The Hall–Kier alpha value is -2.57. The summed E-state index contributed by atoms with van der Waals surface area (Å²) in [5, 5.41) is 0. The van der Waals surface area contributed by atoms with E-state index in [2.05, 4.69) is 0 Å². The Balaban J connectivity index is 1.61. The quantitative estimate of drug-likeness (QED) is 0.701. The van der Waals surface area contributed by atoms with Crippen LogP contribution in [0.5, 0.6) is 0 Å². The van der Waals surface area contributed by atoms with Gasteiger partial charge in [0.1, 0.15) is 5.41 Å². The molecule has 1 aromatic carbocycles. The molecule has 1 heterocycles. The van der Waals surface area contributed by atoms with Gasteiger partial charge in [-0.25, -0.2) is 4.79 Å². The Morgan fingerprint density at radius 1 is 1.00 bits per heavy atom. The van der Waals surface area contributed by atoms with Crippen LogP contribution in [-0.2, 0) is 20.9 Å². The summed E-state index contributed by atoms with van der Waals surface area (Å²) < 4.78 is 5.02. The van der Waals surface area contributed by atoms with Gasteiger partial charge in [0.25, 0.3) is 0 Å². The van der Waals surface area contributed by atoms with Gasteiger partial charge in [0.05, 0.1) is 6.61 Å². The molecule has 0 spiro atoms. The van der Waals surface area contributed by atoms with E-state index in [0.717, 1.165) is 5.56 Å². The highest BCUT2D eigenvalue weighted by Crippen LogP contribution is 2.49. The van der Waals surface area contributed by atoms with E-state index in [0.29, 0.717) is 58.7 Å². The molecule has 2 fully saturated rings. The molecular weight excluding hydrogens is 358 g/mol. The van der Waals surface area contributed by atoms with Crippen molar-refractivity contribution >= 4 is 17.9 Å². The lowest BCUT2D eigenvalue weighted by atomic mass is 10.0. The zero-order valence-corrected chi connectivity index (χ0v) is 16.7. The minimum atomic E-state index is -0.906. The number of carbonyl (C=O) groups excluding carboxylic acids is 3. The lowest BCUT2D eigenvalue weighted by Gasteiger charge is -2.36. The van der Waals surface area contributed by atoms with Crippen LogP contribution in [0, 0.1) is 5.41 Å². The lowest BCUT2D eigenvalue weighted by molar-refractivity contribution is -0.150. The summed E-state index contributed by atoms with van der Waals surface area (Å²) in [7, 11) is 0. The number of rotatable bonds is 6. The Morgan fingerprint density at radius 2 is 1.61 bits per heavy atom. The third-order valence-corrected chi connectivity index (χ3v) is 5.55. The van der Waals surface area contributed by atoms with Crippen LogP contribution in [0.2, 0.25) is 0 Å². The highest BCUT2D eigenvalue weighted by atomic mass is 16.6. The number of nitrogens with zero attached hydrogens (tertiary/aromatic N) is 3. The van der Waals surface area contributed by atoms with E-state index >= 15 is 0 Å². The Morgan fingerprint density at radius 3 is 2.14 bits per heavy atom. The molecular formula is C21H29N3O4. The van der Waals surface area contributed by atoms with Gasteiger partial charge in [0.15, 0.2) is 0 Å². The zero-order chi connectivity index (χ0) is 20.1. The Labute approximate surface area is 166 Å². The molecule has 1 aromatic rings. The lowest BCUT2D eigenvalue weighted by Crippen LogP contribution is -2.54. The maximum Gasteiger partial charge on any atom is 0.409 e. The van der Waals surface area contributed by atoms with Gasteiger partial charge >= 0.3 is 6.09 Å². The molecule has 2 aliphatic rings. The van der Waals surface area contributed by atoms with Crippen molar-refractivity contribution in [1.82, 2.24) is 14.7 Å². The predicted octanol–water partition coefficient (Wildman–Crippen LogP) is 2.12. The first-order valence-corrected chi connectivity index (χ1v) is 10.1. The van der Waals surface area contributed by atoms with Gasteiger partial charge < -0.3 is 19.4 Å². The Bertz CT molecular complexity index is 710. The molecule has 3 amide bonds. The van der Waals surface area contributed by atoms with Gasteiger partial charge in [0, 0.05) is 39.3 Å². The summed E-state index contributed by atoms with van der Waals surface area (Å²) in [6.45, 7) is 6.90. The van der Waals surface area contributed by atoms with E-state index in [-0.39, 0.29) is 17.9 Å². The van der Waals surface area contributed by atoms with Crippen molar-refractivity contribution < 1.29 is 19.1 Å². The van der Waals surface area contributed by atoms with Gasteiger partial charge in [-0.15, -0.1) is 0 Å². The van der Waals surface area contributed by atoms with Gasteiger partial charge in [-0.3, -0.25) is 9.59 Å². The first-order valence-electron chi connectivity index (χ1n) is 10.1. The summed E-state index contributed by atoms with van der Waals surface area (Å²) >= 11 is 0. The maximum atomic E-state index is 13.2. The average Bonchev–Trinajstić information content (AvgIpc) is 3.54. The molecule has 1 aliphatic heterocycles. The number of hydrogen-bond acceptors (Lipinski definition) is 4. The molecule has 152 valence electrons. The van der Waals surface area contributed by atoms with E-state index in [9.17, 15) is 14.4 Å². The highest BCUT2D eigenvalue weighted by molar-refractivity contribution is 6.07. The molecule has 0 unspecified atom stereocenters. The second-order valence-electron chi connectivity index (χ2n) is 7.37. The van der Waals surface area contributed by atoms with Gasteiger partial charge in [-0.1, -0.05) is 30.3 Å². The van der Waals surface area contributed by atoms with Crippen molar-refractivity contribution in [2.45, 2.75) is 33.2 Å². The van der Waals surface area contributed by atoms with E-state index < -0.39 is 5.41 Å². The molecule has 0 aromatic heterocycles. The molecule has 3 rings (SSSR count). The van der Waals surface area contributed by atoms with Crippen LogP contribution in [0.4, 0.5) is 4.79 Å². The normalized spacial score (nSPS) is 17.8. The van der Waals surface area contributed by atoms with Crippen molar-refractivity contribution in [3.63, 3.8) is 0 Å². The number of benzene rings is 1. The molecule has 0 N–H and O–H groups in total. The smallest absolute Gasteiger partial charge is 0.409 e. The first-order chi connectivity index (χ1) is 13.5. The van der Waals surface area contributed by atoms with E-state index in [1.54, 1.807) is 21.6 Å². The second-order valence-corrected chi connectivity index (χ2v) is 7.37. The summed E-state index contributed by atoms with van der Waals surface area (Å²) in [5.41, 5.74) is 0.153. The second kappa shape index (κ2) is 8.63. The molecule has 0 radical (unpaired) electrons. The number of ether oxygens (including phenoxy) is 1. The highest BCUT2D eigenvalue weighted by Gasteiger charge is 2.59. The maximum absolute atomic E-state index is 13.2. The van der Waals surface area contributed by atoms with Crippen molar-refractivity contribution in [2.75, 3.05) is 39.3 Å². The summed E-state index contributed by atoms with van der Waals surface area (Å²) in [6, 6.07) is 9.84. The minimum absolute atomic E-state index is 0.0725. The van der Waals surface area contributed by atoms with Crippen LogP contribution < -0.4 is 0 Å². The van der Waals surface area contributed by atoms with E-state index in [1.807, 2.05) is 37.3 Å². The molecule has 28 heavy (non-hydrogen) atoms. The first kappa shape index (κ1) is 20.2. The van der Waals surface area contributed by atoms with Crippen LogP contribution in [0.1, 0.15) is 32.3 Å². The summed E-state index contributed by atoms with van der Waals surface area (Å²) in [4.78, 5) is 43.3. The predicted molar refractivity (Wildman–Crippen MR) is 104 cm³/mol. The number of piperazine rings is 1. The fourth-order valence-electron chi connectivity index (χ4n) is 3.69. The van der Waals surface area contributed by atoms with Crippen molar-refractivity contribution in [1.29, 1.82) is 0 Å². The number of carbonyl (C=O) groups is 3. The fourth-order valence-corrected chi connectivity index (χ4v) is 3.69. The van der Waals surface area contributed by atoms with Crippen LogP contribution >= 0.6 is 0 Å². The van der Waals surface area contributed by atoms with Crippen molar-refractivity contribution in [3.8, 4) is 0 Å². The monoisotopic (exact) mass is 387 g/mol. The topological polar surface area (TPSA) is 70.2 Å². The molecule has 1 aliphatic carbocycles. The molecule has 7 nitrogen and oxygen atoms in total. The summed E-state index contributed by atoms with van der Waals surface area (Å²) in [6.07, 6.45) is 0.870. The SMILES string of the molecule is CCOC(=O)N1CCN(C(=O)C2(C(=O)N(CC)Cc3ccccc3)CC2)CC1. The molecule has 0 atom stereocenters. The van der Waals surface area contributed by atoms with E-state index in [1.165, 1.54) is 0 Å². The molecule has 1 saturated heterocycles. The average molecular weight is 387 g/mol. The number of amides is 3. The van der Waals surface area contributed by atoms with Gasteiger partial charge in [0.2, 0.25) is 11.8 Å². The zero-order valence-electron chi connectivity index (χ0n) is 16.7. The molecule has 7 heteroatoms.